The van der Waals surface area contributed by atoms with Gasteiger partial charge < -0.3 is 26.7 Å². The second-order valence-electron chi connectivity index (χ2n) is 7.09. The highest BCUT2D eigenvalue weighted by Crippen LogP contribution is 2.30. The third-order valence-electron chi connectivity index (χ3n) is 5.11. The van der Waals surface area contributed by atoms with E-state index in [0.29, 0.717) is 23.4 Å². The van der Waals surface area contributed by atoms with Crippen LogP contribution in [0.1, 0.15) is 36.9 Å². The van der Waals surface area contributed by atoms with Crippen LogP contribution in [0.25, 0.3) is 0 Å². The number of alkyl halides is 2. The van der Waals surface area contributed by atoms with E-state index in [0.717, 1.165) is 6.21 Å². The Balaban J connectivity index is 2.46. The number of hydrogen-bond acceptors (Lipinski definition) is 6. The van der Waals surface area contributed by atoms with E-state index in [-0.39, 0.29) is 35.0 Å². The molecular formula is C21H25ClF2N6O2. The molecule has 0 saturated heterocycles. The lowest BCUT2D eigenvalue weighted by atomic mass is 9.97. The highest BCUT2D eigenvalue weighted by atomic mass is 35.5. The molecule has 6 N–H and O–H groups in total. The molecule has 172 valence electrons. The number of benzene rings is 1. The molecule has 0 radical (unpaired) electrons. The number of allylic oxidation sites excluding steroid dienone is 1. The average Bonchev–Trinajstić information content (AvgIpc) is 2.78. The first-order chi connectivity index (χ1) is 15.1. The first-order valence-corrected chi connectivity index (χ1v) is 10.1. The van der Waals surface area contributed by atoms with Crippen LogP contribution >= 0.6 is 11.6 Å². The van der Waals surface area contributed by atoms with Crippen molar-refractivity contribution in [3.05, 3.63) is 57.4 Å². The molecule has 32 heavy (non-hydrogen) atoms. The minimum atomic E-state index is -2.65. The number of carbonyl (C=O) groups is 2. The zero-order valence-corrected chi connectivity index (χ0v) is 18.4. The molecule has 2 rings (SSSR count). The van der Waals surface area contributed by atoms with Crippen LogP contribution in [-0.4, -0.2) is 48.8 Å². The Hall–Kier alpha value is -3.27. The Bertz CT molecular complexity index is 992. The molecule has 0 unspecified atom stereocenters. The summed E-state index contributed by atoms with van der Waals surface area (Å²) in [5.41, 5.74) is 6.10. The summed E-state index contributed by atoms with van der Waals surface area (Å²) in [6.07, 6.45) is -1.48. The van der Waals surface area contributed by atoms with Crippen molar-refractivity contribution in [2.24, 2.45) is 5.73 Å². The van der Waals surface area contributed by atoms with Crippen molar-refractivity contribution in [3.63, 3.8) is 0 Å². The quantitative estimate of drug-likeness (QED) is 0.282. The monoisotopic (exact) mass is 466 g/mol. The molecule has 1 aliphatic rings. The van der Waals surface area contributed by atoms with Gasteiger partial charge in [-0.05, 0) is 12.5 Å². The lowest BCUT2D eigenvalue weighted by Gasteiger charge is -2.34. The molecule has 0 saturated carbocycles. The number of hydrogen-bond donors (Lipinski definition) is 5. The second-order valence-corrected chi connectivity index (χ2v) is 7.46. The largest absolute Gasteiger partial charge is 0.381 e. The van der Waals surface area contributed by atoms with E-state index in [2.05, 4.69) is 10.6 Å². The van der Waals surface area contributed by atoms with E-state index in [1.54, 1.807) is 24.0 Å². The molecule has 0 fully saturated rings. The molecule has 2 amide bonds. The summed E-state index contributed by atoms with van der Waals surface area (Å²) in [4.78, 5) is 25.2. The molecule has 1 aromatic carbocycles. The molecule has 8 nitrogen and oxygen atoms in total. The van der Waals surface area contributed by atoms with Gasteiger partial charge in [-0.1, -0.05) is 35.9 Å². The SMILES string of the molecule is CNC(=O)C(=N)C1=C(N[C@@H](C)c2ccccc2C(F)F)CCN(/C(C=N)=C(\Cl)C(N)=O)C1. The maximum atomic E-state index is 13.4. The van der Waals surface area contributed by atoms with Gasteiger partial charge in [0.1, 0.15) is 10.7 Å². The van der Waals surface area contributed by atoms with Crippen molar-refractivity contribution in [3.8, 4) is 0 Å². The van der Waals surface area contributed by atoms with Crippen LogP contribution in [0, 0.1) is 10.8 Å². The van der Waals surface area contributed by atoms with Gasteiger partial charge in [-0.3, -0.25) is 15.0 Å². The summed E-state index contributed by atoms with van der Waals surface area (Å²) in [5.74, 6) is -1.54. The van der Waals surface area contributed by atoms with Gasteiger partial charge in [0.25, 0.3) is 18.2 Å². The predicted octanol–water partition coefficient (Wildman–Crippen LogP) is 2.59. The molecular weight excluding hydrogens is 442 g/mol. The maximum absolute atomic E-state index is 13.4. The zero-order chi connectivity index (χ0) is 24.0. The minimum absolute atomic E-state index is 0.00792. The molecule has 0 spiro atoms. The van der Waals surface area contributed by atoms with Crippen LogP contribution in [0.2, 0.25) is 0 Å². The van der Waals surface area contributed by atoms with Crippen LogP contribution in [0.5, 0.6) is 0 Å². The Kier molecular flexibility index (Phi) is 8.48. The van der Waals surface area contributed by atoms with Crippen LogP contribution in [0.3, 0.4) is 0 Å². The van der Waals surface area contributed by atoms with E-state index in [9.17, 15) is 18.4 Å². The van der Waals surface area contributed by atoms with Gasteiger partial charge in [0, 0.05) is 55.6 Å². The number of halogens is 3. The lowest BCUT2D eigenvalue weighted by molar-refractivity contribution is -0.115. The van der Waals surface area contributed by atoms with Crippen molar-refractivity contribution >= 4 is 35.3 Å². The van der Waals surface area contributed by atoms with E-state index in [1.807, 2.05) is 0 Å². The van der Waals surface area contributed by atoms with Crippen molar-refractivity contribution in [2.75, 3.05) is 20.1 Å². The summed E-state index contributed by atoms with van der Waals surface area (Å²) >= 11 is 5.96. The summed E-state index contributed by atoms with van der Waals surface area (Å²) in [6.45, 7) is 2.00. The van der Waals surface area contributed by atoms with Crippen LogP contribution < -0.4 is 16.4 Å². The molecule has 1 heterocycles. The molecule has 1 aromatic rings. The number of carbonyl (C=O) groups excluding carboxylic acids is 2. The predicted molar refractivity (Wildman–Crippen MR) is 119 cm³/mol. The third kappa shape index (κ3) is 5.50. The van der Waals surface area contributed by atoms with Crippen molar-refractivity contribution in [2.45, 2.75) is 25.8 Å². The van der Waals surface area contributed by atoms with Crippen molar-refractivity contribution in [1.82, 2.24) is 15.5 Å². The van der Waals surface area contributed by atoms with Gasteiger partial charge in [-0.15, -0.1) is 0 Å². The Morgan fingerprint density at radius 2 is 1.91 bits per heavy atom. The van der Waals surface area contributed by atoms with Crippen LogP contribution in [-0.2, 0) is 9.59 Å². The molecule has 0 aliphatic carbocycles. The van der Waals surface area contributed by atoms with Crippen LogP contribution in [0.4, 0.5) is 8.78 Å². The van der Waals surface area contributed by atoms with Crippen LogP contribution in [0.15, 0.2) is 46.3 Å². The molecule has 0 aromatic heterocycles. The summed E-state index contributed by atoms with van der Waals surface area (Å²) < 4.78 is 26.9. The number of rotatable bonds is 9. The smallest absolute Gasteiger partial charge is 0.269 e. The number of nitrogens with one attached hydrogen (secondary N) is 4. The normalized spacial score (nSPS) is 15.8. The number of amides is 2. The highest BCUT2D eigenvalue weighted by molar-refractivity contribution is 6.44. The van der Waals surface area contributed by atoms with E-state index in [4.69, 9.17) is 28.2 Å². The van der Waals surface area contributed by atoms with Gasteiger partial charge in [0.2, 0.25) is 0 Å². The molecule has 1 atom stereocenters. The zero-order valence-electron chi connectivity index (χ0n) is 17.6. The van der Waals surface area contributed by atoms with Gasteiger partial charge in [0.05, 0.1) is 5.70 Å². The van der Waals surface area contributed by atoms with Gasteiger partial charge in [0.15, 0.2) is 0 Å². The highest BCUT2D eigenvalue weighted by Gasteiger charge is 2.28. The Morgan fingerprint density at radius 3 is 2.44 bits per heavy atom. The average molecular weight is 467 g/mol. The summed E-state index contributed by atoms with van der Waals surface area (Å²) in [6, 6.07) is 5.63. The number of nitrogens with zero attached hydrogens (tertiary/aromatic N) is 1. The third-order valence-corrected chi connectivity index (χ3v) is 5.49. The number of nitrogens with two attached hydrogens (primary N) is 1. The minimum Gasteiger partial charge on any atom is -0.381 e. The Morgan fingerprint density at radius 1 is 1.28 bits per heavy atom. The Labute approximate surface area is 189 Å². The standard InChI is InChI=1S/C21H25ClF2N6O2/c1-11(12-5-3-4-6-13(12)19(23)24)29-15-7-8-30(16(9-25)17(22)20(27)31)10-14(15)18(26)21(32)28-2/h3-6,9,11,19,25-26,29H,7-8,10H2,1-2H3,(H2,27,31)(H,28,32)/b17-16-,25-9?,26-18?/t11-/m0/s1. The first kappa shape index (κ1) is 25.0. The molecule has 0 bridgehead atoms. The fourth-order valence-corrected chi connectivity index (χ4v) is 3.66. The van der Waals surface area contributed by atoms with Crippen molar-refractivity contribution in [1.29, 1.82) is 10.8 Å². The molecule has 1 aliphatic heterocycles. The van der Waals surface area contributed by atoms with Crippen molar-refractivity contribution < 1.29 is 18.4 Å². The first-order valence-electron chi connectivity index (χ1n) is 9.73. The fourth-order valence-electron chi connectivity index (χ4n) is 3.48. The topological polar surface area (TPSA) is 135 Å². The molecule has 11 heteroatoms. The van der Waals surface area contributed by atoms with Gasteiger partial charge in [-0.2, -0.15) is 0 Å². The van der Waals surface area contributed by atoms with E-state index >= 15 is 0 Å². The fraction of sp³-hybridized carbons (Fsp3) is 0.333. The summed E-state index contributed by atoms with van der Waals surface area (Å²) in [5, 5.41) is 21.1. The summed E-state index contributed by atoms with van der Waals surface area (Å²) in [7, 11) is 1.39. The van der Waals surface area contributed by atoms with Gasteiger partial charge in [-0.25, -0.2) is 8.78 Å². The lowest BCUT2D eigenvalue weighted by Crippen LogP contribution is -2.41. The maximum Gasteiger partial charge on any atom is 0.269 e. The van der Waals surface area contributed by atoms with E-state index < -0.39 is 24.3 Å². The van der Waals surface area contributed by atoms with E-state index in [1.165, 1.54) is 19.2 Å². The van der Waals surface area contributed by atoms with Gasteiger partial charge >= 0.3 is 0 Å². The number of primary amides is 1. The second kappa shape index (κ2) is 10.9.